The van der Waals surface area contributed by atoms with E-state index in [4.69, 9.17) is 21.1 Å². The van der Waals surface area contributed by atoms with Crippen molar-refractivity contribution in [2.45, 2.75) is 12.8 Å². The molecule has 0 saturated carbocycles. The van der Waals surface area contributed by atoms with E-state index < -0.39 is 17.5 Å². The van der Waals surface area contributed by atoms with E-state index >= 15 is 0 Å². The van der Waals surface area contributed by atoms with Gasteiger partial charge < -0.3 is 14.4 Å². The second-order valence-electron chi connectivity index (χ2n) is 5.65. The van der Waals surface area contributed by atoms with E-state index in [-0.39, 0.29) is 16.3 Å². The lowest BCUT2D eigenvalue weighted by Gasteiger charge is -2.30. The third kappa shape index (κ3) is 3.14. The third-order valence-corrected chi connectivity index (χ3v) is 4.41. The molecule has 7 heteroatoms. The molecular weight excluding hydrogens is 352 g/mol. The predicted octanol–water partition coefficient (Wildman–Crippen LogP) is 4.23. The number of ether oxygens (including phenoxy) is 2. The van der Waals surface area contributed by atoms with Gasteiger partial charge in [0.2, 0.25) is 0 Å². The first-order chi connectivity index (χ1) is 12.0. The van der Waals surface area contributed by atoms with Crippen LogP contribution in [0.1, 0.15) is 22.3 Å². The molecule has 0 saturated heterocycles. The van der Waals surface area contributed by atoms with Gasteiger partial charge in [-0.15, -0.1) is 0 Å². The van der Waals surface area contributed by atoms with Gasteiger partial charge in [-0.1, -0.05) is 11.6 Å². The lowest BCUT2D eigenvalue weighted by Crippen LogP contribution is -2.36. The van der Waals surface area contributed by atoms with Crippen molar-refractivity contribution in [2.24, 2.45) is 0 Å². The summed E-state index contributed by atoms with van der Waals surface area (Å²) in [6.07, 6.45) is 1.13. The molecule has 0 unspecified atom stereocenters. The van der Waals surface area contributed by atoms with Crippen LogP contribution in [0.25, 0.3) is 0 Å². The van der Waals surface area contributed by atoms with Crippen LogP contribution in [0, 0.1) is 11.6 Å². The molecule has 3 rings (SSSR count). The summed E-state index contributed by atoms with van der Waals surface area (Å²) in [7, 11) is 2.87. The van der Waals surface area contributed by atoms with Gasteiger partial charge in [0.1, 0.15) is 11.6 Å². The number of carbonyl (C=O) groups excluding carboxylic acids is 1. The van der Waals surface area contributed by atoms with Gasteiger partial charge in [0.25, 0.3) is 5.91 Å². The molecule has 132 valence electrons. The highest BCUT2D eigenvalue weighted by Crippen LogP contribution is 2.38. The van der Waals surface area contributed by atoms with Crippen LogP contribution in [0.3, 0.4) is 0 Å². The molecule has 25 heavy (non-hydrogen) atoms. The van der Waals surface area contributed by atoms with E-state index in [2.05, 4.69) is 0 Å². The summed E-state index contributed by atoms with van der Waals surface area (Å²) in [4.78, 5) is 14.2. The van der Waals surface area contributed by atoms with Crippen LogP contribution in [-0.2, 0) is 6.42 Å². The highest BCUT2D eigenvalue weighted by Gasteiger charge is 2.28. The SMILES string of the molecule is COc1cc(C(=O)N2CCCc3cc(F)cc(F)c32)cc(Cl)c1OC. The molecule has 1 heterocycles. The van der Waals surface area contributed by atoms with E-state index in [1.54, 1.807) is 0 Å². The normalized spacial score (nSPS) is 13.4. The van der Waals surface area contributed by atoms with Gasteiger partial charge in [0, 0.05) is 18.2 Å². The summed E-state index contributed by atoms with van der Waals surface area (Å²) >= 11 is 6.15. The molecule has 2 aromatic rings. The maximum Gasteiger partial charge on any atom is 0.258 e. The summed E-state index contributed by atoms with van der Waals surface area (Å²) in [5, 5.41) is 0.210. The predicted molar refractivity (Wildman–Crippen MR) is 90.9 cm³/mol. The van der Waals surface area contributed by atoms with E-state index in [1.807, 2.05) is 0 Å². The van der Waals surface area contributed by atoms with Gasteiger partial charge in [0.15, 0.2) is 11.5 Å². The molecule has 0 aliphatic carbocycles. The minimum atomic E-state index is -0.755. The zero-order chi connectivity index (χ0) is 18.1. The van der Waals surface area contributed by atoms with Gasteiger partial charge in [-0.25, -0.2) is 8.78 Å². The molecule has 1 aliphatic rings. The summed E-state index contributed by atoms with van der Waals surface area (Å²) < 4.78 is 38.1. The highest BCUT2D eigenvalue weighted by atomic mass is 35.5. The van der Waals surface area contributed by atoms with Crippen molar-refractivity contribution in [3.05, 3.63) is 52.0 Å². The lowest BCUT2D eigenvalue weighted by atomic mass is 10.00. The van der Waals surface area contributed by atoms with Crippen LogP contribution in [-0.4, -0.2) is 26.7 Å². The smallest absolute Gasteiger partial charge is 0.258 e. The Morgan fingerprint density at radius 2 is 1.92 bits per heavy atom. The van der Waals surface area contributed by atoms with E-state index in [0.29, 0.717) is 36.4 Å². The van der Waals surface area contributed by atoms with Gasteiger partial charge >= 0.3 is 0 Å². The molecule has 1 amide bonds. The van der Waals surface area contributed by atoms with Crippen molar-refractivity contribution < 1.29 is 23.0 Å². The fourth-order valence-corrected chi connectivity index (χ4v) is 3.34. The molecular formula is C18H16ClF2NO3. The summed E-state index contributed by atoms with van der Waals surface area (Å²) in [6.45, 7) is 0.334. The standard InChI is InChI=1S/C18H16ClF2NO3/c1-24-15-8-11(7-13(19)17(15)25-2)18(23)22-5-3-4-10-6-12(20)9-14(21)16(10)22/h6-9H,3-5H2,1-2H3. The van der Waals surface area contributed by atoms with E-state index in [1.165, 1.54) is 37.3 Å². The average Bonchev–Trinajstić information content (AvgIpc) is 2.59. The minimum absolute atomic E-state index is 0.114. The Labute approximate surface area is 148 Å². The highest BCUT2D eigenvalue weighted by molar-refractivity contribution is 6.32. The van der Waals surface area contributed by atoms with Crippen molar-refractivity contribution >= 4 is 23.2 Å². The van der Waals surface area contributed by atoms with Crippen LogP contribution >= 0.6 is 11.6 Å². The van der Waals surface area contributed by atoms with Crippen LogP contribution in [0.5, 0.6) is 11.5 Å². The van der Waals surface area contributed by atoms with Gasteiger partial charge in [-0.3, -0.25) is 4.79 Å². The zero-order valence-electron chi connectivity index (χ0n) is 13.7. The lowest BCUT2D eigenvalue weighted by molar-refractivity contribution is 0.0983. The van der Waals surface area contributed by atoms with Gasteiger partial charge in [0.05, 0.1) is 24.9 Å². The Kier molecular flexibility index (Phi) is 4.81. The number of carbonyl (C=O) groups is 1. The fourth-order valence-electron chi connectivity index (χ4n) is 3.05. The van der Waals surface area contributed by atoms with Crippen molar-refractivity contribution in [3.8, 4) is 11.5 Å². The Balaban J connectivity index is 2.05. The third-order valence-electron chi connectivity index (χ3n) is 4.13. The quantitative estimate of drug-likeness (QED) is 0.815. The summed E-state index contributed by atoms with van der Waals surface area (Å²) in [5.41, 5.74) is 0.825. The largest absolute Gasteiger partial charge is 0.493 e. The van der Waals surface area contributed by atoms with Gasteiger partial charge in [-0.05, 0) is 36.6 Å². The number of anilines is 1. The second kappa shape index (κ2) is 6.88. The summed E-state index contributed by atoms with van der Waals surface area (Å²) in [6, 6.07) is 4.98. The molecule has 2 aromatic carbocycles. The number of methoxy groups -OCH3 is 2. The van der Waals surface area contributed by atoms with Crippen LogP contribution in [0.4, 0.5) is 14.5 Å². The first-order valence-electron chi connectivity index (χ1n) is 7.67. The molecule has 0 radical (unpaired) electrons. The van der Waals surface area contributed by atoms with Crippen molar-refractivity contribution in [1.82, 2.24) is 0 Å². The second-order valence-corrected chi connectivity index (χ2v) is 6.06. The van der Waals surface area contributed by atoms with Crippen molar-refractivity contribution in [1.29, 1.82) is 0 Å². The molecule has 0 spiro atoms. The zero-order valence-corrected chi connectivity index (χ0v) is 14.5. The molecule has 4 nitrogen and oxygen atoms in total. The Bertz CT molecular complexity index is 842. The first kappa shape index (κ1) is 17.5. The Morgan fingerprint density at radius 1 is 1.16 bits per heavy atom. The monoisotopic (exact) mass is 367 g/mol. The number of halogens is 3. The number of nitrogens with zero attached hydrogens (tertiary/aromatic N) is 1. The number of hydrogen-bond donors (Lipinski definition) is 0. The van der Waals surface area contributed by atoms with Crippen molar-refractivity contribution in [2.75, 3.05) is 25.7 Å². The molecule has 0 atom stereocenters. The number of hydrogen-bond acceptors (Lipinski definition) is 3. The Morgan fingerprint density at radius 3 is 2.60 bits per heavy atom. The van der Waals surface area contributed by atoms with Crippen molar-refractivity contribution in [3.63, 3.8) is 0 Å². The fraction of sp³-hybridized carbons (Fsp3) is 0.278. The van der Waals surface area contributed by atoms with Crippen LogP contribution in [0.2, 0.25) is 5.02 Å². The number of aryl methyl sites for hydroxylation is 1. The minimum Gasteiger partial charge on any atom is -0.493 e. The maximum atomic E-state index is 14.3. The Hall–Kier alpha value is -2.34. The molecule has 0 N–H and O–H groups in total. The number of fused-ring (bicyclic) bond motifs is 1. The van der Waals surface area contributed by atoms with Gasteiger partial charge in [-0.2, -0.15) is 0 Å². The number of rotatable bonds is 3. The molecule has 1 aliphatic heterocycles. The molecule has 0 bridgehead atoms. The van der Waals surface area contributed by atoms with Crippen LogP contribution < -0.4 is 14.4 Å². The number of benzene rings is 2. The topological polar surface area (TPSA) is 38.8 Å². The van der Waals surface area contributed by atoms with E-state index in [0.717, 1.165) is 6.07 Å². The maximum absolute atomic E-state index is 14.3. The summed E-state index contributed by atoms with van der Waals surface area (Å²) in [5.74, 6) is -1.23. The van der Waals surface area contributed by atoms with E-state index in [9.17, 15) is 13.6 Å². The van der Waals surface area contributed by atoms with Crippen LogP contribution in [0.15, 0.2) is 24.3 Å². The molecule has 0 aromatic heterocycles. The number of amides is 1. The molecule has 0 fully saturated rings. The average molecular weight is 368 g/mol. The first-order valence-corrected chi connectivity index (χ1v) is 8.05.